The van der Waals surface area contributed by atoms with E-state index in [9.17, 15) is 4.79 Å². The number of carbonyl (C=O) groups excluding carboxylic acids is 1. The van der Waals surface area contributed by atoms with Crippen LogP contribution in [0.5, 0.6) is 0 Å². The Morgan fingerprint density at radius 3 is 2.00 bits per heavy atom. The molecule has 9 heteroatoms. The molecule has 3 aliphatic heterocycles. The van der Waals surface area contributed by atoms with Gasteiger partial charge in [0.25, 0.3) is 0 Å². The lowest BCUT2D eigenvalue weighted by atomic mass is 10.0. The zero-order valence-electron chi connectivity index (χ0n) is 15.3. The summed E-state index contributed by atoms with van der Waals surface area (Å²) in [7, 11) is 4.56. The lowest BCUT2D eigenvalue weighted by Crippen LogP contribution is -3.27. The molecule has 2 atom stereocenters. The second-order valence-corrected chi connectivity index (χ2v) is 7.51. The van der Waals surface area contributed by atoms with E-state index in [0.717, 1.165) is 31.5 Å². The van der Waals surface area contributed by atoms with Gasteiger partial charge in [-0.05, 0) is 0 Å². The average Bonchev–Trinajstić information content (AvgIpc) is 2.69. The van der Waals surface area contributed by atoms with Gasteiger partial charge in [0.1, 0.15) is 32.3 Å². The standard InChI is InChI=1S/C16H29N3O2.3ClH.H2O/c1-17-7-9-19(10-8-17)6-5-16(20)21-15-11-13-3-4-14(12-15)18(13)2;;;;/h13-15H,3-12H2,1-2H3;3*1H;1H2. The molecular weight excluding hydrogens is 389 g/mol. The van der Waals surface area contributed by atoms with E-state index in [1.807, 2.05) is 0 Å². The second kappa shape index (κ2) is 12.5. The topological polar surface area (TPSA) is 71.1 Å². The van der Waals surface area contributed by atoms with E-state index in [1.54, 1.807) is 14.7 Å². The fourth-order valence-electron chi connectivity index (χ4n) is 4.43. The number of halogens is 3. The predicted octanol–water partition coefficient (Wildman–Crippen LogP) is -13.3. The van der Waals surface area contributed by atoms with Crippen molar-refractivity contribution < 1.29 is 66.9 Å². The summed E-state index contributed by atoms with van der Waals surface area (Å²) >= 11 is 0. The van der Waals surface area contributed by atoms with E-state index in [0.29, 0.717) is 6.42 Å². The molecule has 0 saturated carbocycles. The maximum absolute atomic E-state index is 12.1. The summed E-state index contributed by atoms with van der Waals surface area (Å²) < 4.78 is 5.76. The van der Waals surface area contributed by atoms with Crippen LogP contribution in [0.4, 0.5) is 0 Å². The van der Waals surface area contributed by atoms with E-state index >= 15 is 0 Å². The Morgan fingerprint density at radius 2 is 1.48 bits per heavy atom. The first kappa shape index (κ1) is 27.4. The van der Waals surface area contributed by atoms with E-state index in [1.165, 1.54) is 39.0 Å². The molecule has 3 aliphatic rings. The number of likely N-dealkylation sites (N-methyl/N-ethyl adjacent to an activating group) is 1. The van der Waals surface area contributed by atoms with Gasteiger partial charge >= 0.3 is 5.97 Å². The van der Waals surface area contributed by atoms with Crippen LogP contribution in [-0.4, -0.2) is 76.5 Å². The molecule has 0 aromatic rings. The highest BCUT2D eigenvalue weighted by molar-refractivity contribution is 5.69. The quantitative estimate of drug-likeness (QED) is 0.394. The van der Waals surface area contributed by atoms with Crippen molar-refractivity contribution in [1.29, 1.82) is 0 Å². The summed E-state index contributed by atoms with van der Waals surface area (Å²) in [6, 6.07) is 1.46. The first-order chi connectivity index (χ1) is 10.1. The van der Waals surface area contributed by atoms with Gasteiger partial charge < -0.3 is 62.1 Å². The third-order valence-corrected chi connectivity index (χ3v) is 6.04. The van der Waals surface area contributed by atoms with Crippen LogP contribution in [0.15, 0.2) is 0 Å². The third kappa shape index (κ3) is 7.37. The molecule has 0 spiro atoms. The number of quaternary nitrogens is 3. The lowest BCUT2D eigenvalue weighted by Gasteiger charge is -2.33. The van der Waals surface area contributed by atoms with Crippen molar-refractivity contribution in [2.45, 2.75) is 50.3 Å². The minimum absolute atomic E-state index is 0. The molecule has 25 heavy (non-hydrogen) atoms. The van der Waals surface area contributed by atoms with E-state index in [4.69, 9.17) is 4.74 Å². The molecule has 3 fully saturated rings. The average molecular weight is 423 g/mol. The van der Waals surface area contributed by atoms with Crippen LogP contribution in [-0.2, 0) is 9.53 Å². The van der Waals surface area contributed by atoms with Crippen molar-refractivity contribution in [3.05, 3.63) is 0 Å². The molecular formula is C16H34Cl3N3O3. The minimum atomic E-state index is 0. The Hall–Kier alpha value is 0.180. The zero-order valence-corrected chi connectivity index (χ0v) is 17.5. The van der Waals surface area contributed by atoms with Crippen molar-refractivity contribution in [2.24, 2.45) is 0 Å². The summed E-state index contributed by atoms with van der Waals surface area (Å²) in [6.45, 7) is 5.80. The summed E-state index contributed by atoms with van der Waals surface area (Å²) in [6.07, 6.45) is 5.60. The number of piperazine rings is 1. The number of piperidine rings is 1. The van der Waals surface area contributed by atoms with Crippen LogP contribution in [0.3, 0.4) is 0 Å². The molecule has 3 heterocycles. The first-order valence-electron chi connectivity index (χ1n) is 8.79. The van der Waals surface area contributed by atoms with E-state index < -0.39 is 0 Å². The zero-order chi connectivity index (χ0) is 14.8. The van der Waals surface area contributed by atoms with Crippen LogP contribution in [0, 0.1) is 0 Å². The number of ether oxygens (including phenoxy) is 1. The van der Waals surface area contributed by atoms with Crippen LogP contribution < -0.4 is 51.9 Å². The predicted molar refractivity (Wildman–Crippen MR) is 83.2 cm³/mol. The van der Waals surface area contributed by atoms with Crippen molar-refractivity contribution in [3.63, 3.8) is 0 Å². The van der Waals surface area contributed by atoms with Crippen molar-refractivity contribution >= 4 is 5.97 Å². The van der Waals surface area contributed by atoms with Gasteiger partial charge in [0, 0.05) is 25.7 Å². The largest absolute Gasteiger partial charge is 1.00 e. The summed E-state index contributed by atoms with van der Waals surface area (Å²) in [5.41, 5.74) is 0. The normalized spacial score (nSPS) is 35.9. The Kier molecular flexibility index (Phi) is 13.8. The molecule has 6 nitrogen and oxygen atoms in total. The molecule has 2 unspecified atom stereocenters. The maximum atomic E-state index is 12.1. The number of fused-ring (bicyclic) bond motifs is 2. The molecule has 152 valence electrons. The molecule has 5 N–H and O–H groups in total. The first-order valence-corrected chi connectivity index (χ1v) is 8.79. The number of nitrogens with one attached hydrogen (secondary N) is 3. The number of esters is 1. The summed E-state index contributed by atoms with van der Waals surface area (Å²) in [4.78, 5) is 16.9. The Morgan fingerprint density at radius 1 is 0.960 bits per heavy atom. The van der Waals surface area contributed by atoms with Gasteiger partial charge in [-0.1, -0.05) is 0 Å². The highest BCUT2D eigenvalue weighted by Gasteiger charge is 2.43. The van der Waals surface area contributed by atoms with Gasteiger partial charge in [0.05, 0.1) is 39.1 Å². The lowest BCUT2D eigenvalue weighted by molar-refractivity contribution is -1.00. The summed E-state index contributed by atoms with van der Waals surface area (Å²) in [5, 5.41) is 0. The van der Waals surface area contributed by atoms with Crippen molar-refractivity contribution in [3.8, 4) is 0 Å². The van der Waals surface area contributed by atoms with Gasteiger partial charge in [0.15, 0.2) is 0 Å². The second-order valence-electron chi connectivity index (χ2n) is 7.51. The SMILES string of the molecule is C[NH+]1CC[NH+](CCC(=O)OC2CC3CCC(C2)[NH+]3C)CC1.O.[Cl-].[Cl-].[Cl-]. The monoisotopic (exact) mass is 421 g/mol. The van der Waals surface area contributed by atoms with Crippen LogP contribution in [0.1, 0.15) is 32.1 Å². The third-order valence-electron chi connectivity index (χ3n) is 6.04. The van der Waals surface area contributed by atoms with Gasteiger partial charge in [-0.15, -0.1) is 0 Å². The fraction of sp³-hybridized carbons (Fsp3) is 0.938. The number of hydrogen-bond donors (Lipinski definition) is 3. The minimum Gasteiger partial charge on any atom is -1.00 e. The van der Waals surface area contributed by atoms with E-state index in [2.05, 4.69) is 14.1 Å². The van der Waals surface area contributed by atoms with Crippen LogP contribution >= 0.6 is 0 Å². The fourth-order valence-corrected chi connectivity index (χ4v) is 4.43. The van der Waals surface area contributed by atoms with Gasteiger partial charge in [0.2, 0.25) is 0 Å². The van der Waals surface area contributed by atoms with Gasteiger partial charge in [-0.2, -0.15) is 0 Å². The smallest absolute Gasteiger partial charge is 0.311 e. The molecule has 3 saturated heterocycles. The van der Waals surface area contributed by atoms with Crippen molar-refractivity contribution in [1.82, 2.24) is 0 Å². The number of carbonyl (C=O) groups is 1. The Balaban J connectivity index is 0. The molecule has 0 aliphatic carbocycles. The Bertz CT molecular complexity index is 371. The summed E-state index contributed by atoms with van der Waals surface area (Å²) in [5.74, 6) is 0.0396. The molecule has 0 aromatic carbocycles. The molecule has 2 bridgehead atoms. The number of hydrogen-bond acceptors (Lipinski definition) is 2. The highest BCUT2D eigenvalue weighted by Crippen LogP contribution is 2.24. The van der Waals surface area contributed by atoms with E-state index in [-0.39, 0.29) is 54.8 Å². The van der Waals surface area contributed by atoms with Crippen LogP contribution in [0.2, 0.25) is 0 Å². The Labute approximate surface area is 170 Å². The molecule has 3 rings (SSSR count). The molecule has 0 radical (unpaired) electrons. The molecule has 0 aromatic heterocycles. The van der Waals surface area contributed by atoms with Gasteiger partial charge in [-0.3, -0.25) is 4.79 Å². The number of rotatable bonds is 4. The van der Waals surface area contributed by atoms with Gasteiger partial charge in [-0.25, -0.2) is 0 Å². The maximum Gasteiger partial charge on any atom is 0.311 e. The molecule has 0 amide bonds. The van der Waals surface area contributed by atoms with Crippen molar-refractivity contribution in [2.75, 3.05) is 46.8 Å². The highest BCUT2D eigenvalue weighted by atomic mass is 35.5. The van der Waals surface area contributed by atoms with Crippen LogP contribution in [0.25, 0.3) is 0 Å².